The van der Waals surface area contributed by atoms with E-state index in [0.717, 1.165) is 65.0 Å². The first-order valence-corrected chi connectivity index (χ1v) is 14.3. The van der Waals surface area contributed by atoms with Gasteiger partial charge in [-0.25, -0.2) is 0 Å². The van der Waals surface area contributed by atoms with Crippen molar-refractivity contribution in [2.75, 3.05) is 40.0 Å². The van der Waals surface area contributed by atoms with E-state index >= 15 is 0 Å². The lowest BCUT2D eigenvalue weighted by Crippen LogP contribution is -2.51. The van der Waals surface area contributed by atoms with Gasteiger partial charge in [-0.1, -0.05) is 54.6 Å². The van der Waals surface area contributed by atoms with Gasteiger partial charge in [0.15, 0.2) is 6.29 Å². The highest BCUT2D eigenvalue weighted by Gasteiger charge is 2.48. The van der Waals surface area contributed by atoms with Crippen LogP contribution in [0.3, 0.4) is 0 Å². The first-order valence-electron chi connectivity index (χ1n) is 14.3. The van der Waals surface area contributed by atoms with Gasteiger partial charge in [-0.3, -0.25) is 4.90 Å². The number of morpholine rings is 1. The number of ether oxygens (including phenoxy) is 5. The molecule has 5 rings (SSSR count). The molecule has 6 nitrogen and oxygen atoms in total. The third-order valence-electron chi connectivity index (χ3n) is 8.07. The average molecular weight is 522 g/mol. The van der Waals surface area contributed by atoms with Crippen LogP contribution in [0.5, 0.6) is 0 Å². The van der Waals surface area contributed by atoms with Crippen LogP contribution in [0.2, 0.25) is 0 Å². The molecular formula is C32H43NO5. The van der Waals surface area contributed by atoms with Crippen molar-refractivity contribution < 1.29 is 23.7 Å². The van der Waals surface area contributed by atoms with Crippen molar-refractivity contribution in [2.45, 2.75) is 69.7 Å². The minimum atomic E-state index is -0.108. The van der Waals surface area contributed by atoms with Gasteiger partial charge in [0.1, 0.15) is 0 Å². The molecule has 5 unspecified atom stereocenters. The van der Waals surface area contributed by atoms with E-state index in [2.05, 4.69) is 65.6 Å². The molecule has 206 valence electrons. The molecule has 0 bridgehead atoms. The van der Waals surface area contributed by atoms with Crippen LogP contribution in [0.15, 0.2) is 66.9 Å². The summed E-state index contributed by atoms with van der Waals surface area (Å²) in [6.45, 7) is 4.78. The summed E-state index contributed by atoms with van der Waals surface area (Å²) in [6.07, 6.45) is 9.96. The second kappa shape index (κ2) is 14.2. The molecule has 0 spiro atoms. The number of hydrogen-bond donors (Lipinski definition) is 0. The lowest BCUT2D eigenvalue weighted by atomic mass is 9.95. The van der Waals surface area contributed by atoms with E-state index < -0.39 is 0 Å². The zero-order chi connectivity index (χ0) is 26.0. The topological polar surface area (TPSA) is 49.4 Å². The fraction of sp³-hybridized carbons (Fsp3) is 0.562. The molecule has 1 aliphatic carbocycles. The minimum absolute atomic E-state index is 0.0791. The van der Waals surface area contributed by atoms with E-state index in [4.69, 9.17) is 23.7 Å². The van der Waals surface area contributed by atoms with Crippen LogP contribution in [0.1, 0.15) is 48.8 Å². The minimum Gasteiger partial charge on any atom is -0.505 e. The van der Waals surface area contributed by atoms with Crippen LogP contribution in [0, 0.1) is 5.92 Å². The second-order valence-electron chi connectivity index (χ2n) is 10.7. The second-order valence-corrected chi connectivity index (χ2v) is 10.7. The third-order valence-corrected chi connectivity index (χ3v) is 8.07. The van der Waals surface area contributed by atoms with Crippen molar-refractivity contribution >= 4 is 0 Å². The quantitative estimate of drug-likeness (QED) is 0.372. The summed E-state index contributed by atoms with van der Waals surface area (Å²) in [5.74, 6) is 0.311. The largest absolute Gasteiger partial charge is 0.505 e. The normalized spacial score (nSPS) is 28.6. The van der Waals surface area contributed by atoms with Crippen LogP contribution < -0.4 is 0 Å². The molecule has 3 fully saturated rings. The maximum absolute atomic E-state index is 6.68. The van der Waals surface area contributed by atoms with Crippen LogP contribution in [-0.4, -0.2) is 69.5 Å². The molecule has 0 N–H and O–H groups in total. The first-order chi connectivity index (χ1) is 18.8. The lowest BCUT2D eigenvalue weighted by Gasteiger charge is -2.39. The van der Waals surface area contributed by atoms with Crippen LogP contribution in [0.25, 0.3) is 0 Å². The number of benzene rings is 2. The number of methoxy groups -OCH3 is 1. The summed E-state index contributed by atoms with van der Waals surface area (Å²) < 4.78 is 30.3. The van der Waals surface area contributed by atoms with Crippen molar-refractivity contribution in [1.29, 1.82) is 0 Å². The Morgan fingerprint density at radius 3 is 2.39 bits per heavy atom. The molecule has 0 radical (unpaired) electrons. The van der Waals surface area contributed by atoms with E-state index in [1.54, 1.807) is 13.4 Å². The highest BCUT2D eigenvalue weighted by Crippen LogP contribution is 2.39. The van der Waals surface area contributed by atoms with Gasteiger partial charge in [0.2, 0.25) is 0 Å². The van der Waals surface area contributed by atoms with Gasteiger partial charge in [0, 0.05) is 38.1 Å². The molecule has 2 aliphatic heterocycles. The highest BCUT2D eigenvalue weighted by atomic mass is 16.7. The monoisotopic (exact) mass is 521 g/mol. The molecule has 2 heterocycles. The van der Waals surface area contributed by atoms with E-state index in [1.165, 1.54) is 23.1 Å². The maximum Gasteiger partial charge on any atom is 0.158 e. The number of rotatable bonds is 11. The fourth-order valence-corrected chi connectivity index (χ4v) is 6.15. The Bertz CT molecular complexity index is 969. The molecule has 1 saturated carbocycles. The van der Waals surface area contributed by atoms with E-state index in [1.807, 2.05) is 0 Å². The van der Waals surface area contributed by atoms with Crippen LogP contribution >= 0.6 is 0 Å². The Morgan fingerprint density at radius 1 is 0.895 bits per heavy atom. The van der Waals surface area contributed by atoms with Crippen molar-refractivity contribution in [3.63, 3.8) is 0 Å². The standard InChI is InChI=1S/C32H43NO5/c1-34-18-7-10-28-29(37-24-27-14-12-26(13-15-27)22-25-8-3-2-4-9-25)23-30(38-31-11-5-6-19-36-31)32(28)33-16-20-35-21-17-33/h2-4,7-9,12-15,18,28-32H,5-6,10-11,16-17,19-24H2,1H3. The SMILES string of the molecule is COC=CCC1C(OCc2ccc(Cc3ccccc3)cc2)CC(OC2CCCCO2)C1N1CCOCC1. The molecule has 2 saturated heterocycles. The average Bonchev–Trinajstić information content (AvgIpc) is 3.31. The Morgan fingerprint density at radius 2 is 1.66 bits per heavy atom. The molecular weight excluding hydrogens is 478 g/mol. The first kappa shape index (κ1) is 27.4. The molecule has 6 heteroatoms. The Kier molecular flexibility index (Phi) is 10.3. The van der Waals surface area contributed by atoms with Gasteiger partial charge < -0.3 is 23.7 Å². The molecule has 2 aromatic rings. The highest BCUT2D eigenvalue weighted by molar-refractivity contribution is 5.28. The summed E-state index contributed by atoms with van der Waals surface area (Å²) >= 11 is 0. The molecule has 5 atom stereocenters. The molecule has 3 aliphatic rings. The zero-order valence-corrected chi connectivity index (χ0v) is 22.7. The van der Waals surface area contributed by atoms with Gasteiger partial charge in [-0.05, 0) is 54.9 Å². The molecule has 0 aromatic heterocycles. The lowest BCUT2D eigenvalue weighted by molar-refractivity contribution is -0.200. The Balaban J connectivity index is 1.27. The Labute approximate surface area is 227 Å². The predicted octanol–water partition coefficient (Wildman–Crippen LogP) is 5.35. The molecule has 38 heavy (non-hydrogen) atoms. The third kappa shape index (κ3) is 7.45. The van der Waals surface area contributed by atoms with Crippen LogP contribution in [0.4, 0.5) is 0 Å². The fourth-order valence-electron chi connectivity index (χ4n) is 6.15. The van der Waals surface area contributed by atoms with E-state index in [0.29, 0.717) is 12.5 Å². The number of hydrogen-bond acceptors (Lipinski definition) is 6. The van der Waals surface area contributed by atoms with Crippen molar-refractivity contribution in [3.8, 4) is 0 Å². The zero-order valence-electron chi connectivity index (χ0n) is 22.7. The summed E-state index contributed by atoms with van der Waals surface area (Å²) in [4.78, 5) is 2.56. The maximum atomic E-state index is 6.68. The number of nitrogens with zero attached hydrogens (tertiary/aromatic N) is 1. The smallest absolute Gasteiger partial charge is 0.158 e. The van der Waals surface area contributed by atoms with Crippen molar-refractivity contribution in [1.82, 2.24) is 4.90 Å². The summed E-state index contributed by atoms with van der Waals surface area (Å²) in [7, 11) is 1.70. The van der Waals surface area contributed by atoms with Gasteiger partial charge >= 0.3 is 0 Å². The summed E-state index contributed by atoms with van der Waals surface area (Å²) in [5, 5.41) is 0. The van der Waals surface area contributed by atoms with Gasteiger partial charge in [-0.2, -0.15) is 0 Å². The summed E-state index contributed by atoms with van der Waals surface area (Å²) in [6, 6.07) is 19.7. The van der Waals surface area contributed by atoms with Crippen molar-refractivity contribution in [2.24, 2.45) is 5.92 Å². The van der Waals surface area contributed by atoms with Gasteiger partial charge in [0.25, 0.3) is 0 Å². The number of allylic oxidation sites excluding steroid dienone is 1. The Hall–Kier alpha value is -2.22. The molecule has 0 amide bonds. The van der Waals surface area contributed by atoms with Gasteiger partial charge in [0.05, 0.1) is 45.4 Å². The van der Waals surface area contributed by atoms with Gasteiger partial charge in [-0.15, -0.1) is 0 Å². The van der Waals surface area contributed by atoms with Crippen LogP contribution in [-0.2, 0) is 36.7 Å². The van der Waals surface area contributed by atoms with E-state index in [9.17, 15) is 0 Å². The summed E-state index contributed by atoms with van der Waals surface area (Å²) in [5.41, 5.74) is 3.85. The van der Waals surface area contributed by atoms with E-state index in [-0.39, 0.29) is 24.5 Å². The predicted molar refractivity (Wildman–Crippen MR) is 148 cm³/mol. The molecule has 2 aromatic carbocycles. The van der Waals surface area contributed by atoms with Crippen molar-refractivity contribution in [3.05, 3.63) is 83.6 Å².